The zero-order valence-electron chi connectivity index (χ0n) is 40.3. The van der Waals surface area contributed by atoms with Crippen LogP contribution in [-0.4, -0.2) is 177 Å². The molecule has 70 heavy (non-hydrogen) atoms. The standard InChI is InChI=1S/C45H72N10O14S/c1-24(2)35(53-41(64)32(23-56)52-40(63)31(22-27-12-7-6-8-13-27)51-43(66)36(26(4)57)54-37(60)25(3)47)44(67)55-20-11-15-33(55)42(65)49-29(18-21-70-5)39(62)48-28(16-17-34(58)59)38(61)50-30(45(68)69)14-9-10-19-46/h6-8,12-13,24-26,28-33,35-36,56-57H,9-11,14-23,46-47H2,1-5H3,(H,48,62)(H,49,65)(H,50,61)(H,51,66)(H,52,63)(H,53,64)(H,54,60)(H,58,59)(H,68,69)/t25-,26+,28-,29-,30-,31-,32-,33-,35-,36-/m0/s1. The number of aliphatic carboxylic acids is 2. The maximum absolute atomic E-state index is 14.3. The number of hydrogen-bond acceptors (Lipinski definition) is 15. The largest absolute Gasteiger partial charge is 0.481 e. The number of nitrogens with zero attached hydrogens (tertiary/aromatic N) is 1. The summed E-state index contributed by atoms with van der Waals surface area (Å²) in [6, 6.07) is -3.73. The van der Waals surface area contributed by atoms with E-state index in [9.17, 15) is 68.4 Å². The molecule has 10 atom stereocenters. The Morgan fingerprint density at radius 1 is 0.700 bits per heavy atom. The third-order valence-electron chi connectivity index (χ3n) is 11.4. The fourth-order valence-corrected chi connectivity index (χ4v) is 7.80. The zero-order valence-corrected chi connectivity index (χ0v) is 41.1. The molecule has 0 bridgehead atoms. The number of unbranched alkanes of at least 4 members (excludes halogenated alkanes) is 1. The van der Waals surface area contributed by atoms with Gasteiger partial charge in [-0.3, -0.25) is 43.2 Å². The molecule has 1 fully saturated rings. The number of thioether (sulfide) groups is 1. The van der Waals surface area contributed by atoms with Crippen molar-refractivity contribution in [2.24, 2.45) is 17.4 Å². The topological polar surface area (TPSA) is 391 Å². The van der Waals surface area contributed by atoms with Gasteiger partial charge in [-0.05, 0) is 88.8 Å². The van der Waals surface area contributed by atoms with E-state index in [4.69, 9.17) is 11.5 Å². The fraction of sp³-hybridized carbons (Fsp3) is 0.644. The predicted molar refractivity (Wildman–Crippen MR) is 256 cm³/mol. The number of amides is 8. The van der Waals surface area contributed by atoms with Crippen molar-refractivity contribution in [1.82, 2.24) is 42.1 Å². The van der Waals surface area contributed by atoms with Gasteiger partial charge in [0.2, 0.25) is 47.3 Å². The number of benzene rings is 1. The first-order valence-corrected chi connectivity index (χ1v) is 24.6. The number of hydrogen-bond donors (Lipinski definition) is 13. The molecule has 2 rings (SSSR count). The van der Waals surface area contributed by atoms with Crippen LogP contribution in [0, 0.1) is 5.92 Å². The van der Waals surface area contributed by atoms with Crippen LogP contribution in [-0.2, 0) is 54.4 Å². The van der Waals surface area contributed by atoms with Gasteiger partial charge in [0.1, 0.15) is 48.3 Å². The van der Waals surface area contributed by atoms with Gasteiger partial charge in [-0.1, -0.05) is 44.2 Å². The Morgan fingerprint density at radius 3 is 1.80 bits per heavy atom. The number of aliphatic hydroxyl groups is 2. The van der Waals surface area contributed by atoms with Crippen LogP contribution in [0.2, 0.25) is 0 Å². The molecule has 392 valence electrons. The summed E-state index contributed by atoms with van der Waals surface area (Å²) in [5.74, 6) is -9.72. The van der Waals surface area contributed by atoms with Gasteiger partial charge in [0.05, 0.1) is 18.8 Å². The molecule has 0 saturated carbocycles. The molecule has 15 N–H and O–H groups in total. The lowest BCUT2D eigenvalue weighted by Gasteiger charge is -2.32. The minimum Gasteiger partial charge on any atom is -0.481 e. The number of carboxylic acid groups (broad SMARTS) is 2. The Kier molecular flexibility index (Phi) is 26.4. The molecule has 0 aromatic heterocycles. The third-order valence-corrected chi connectivity index (χ3v) is 12.0. The van der Waals surface area contributed by atoms with E-state index in [-0.39, 0.29) is 32.2 Å². The molecule has 0 unspecified atom stereocenters. The van der Waals surface area contributed by atoms with E-state index in [0.717, 1.165) is 0 Å². The third kappa shape index (κ3) is 19.8. The van der Waals surface area contributed by atoms with E-state index < -0.39 is 145 Å². The zero-order chi connectivity index (χ0) is 52.7. The number of rotatable bonds is 31. The molecule has 1 aliphatic rings. The summed E-state index contributed by atoms with van der Waals surface area (Å²) in [5, 5.41) is 57.0. The number of carboxylic acids is 2. The highest BCUT2D eigenvalue weighted by atomic mass is 32.2. The SMILES string of the molecule is CSCC[C@H](NC(=O)[C@@H]1CCCN1C(=O)[C@@H](NC(=O)[C@H](CO)NC(=O)[C@H](Cc1ccccc1)NC(=O)[C@@H](NC(=O)[C@H](C)N)[C@@H](C)O)C(C)C)C(=O)N[C@@H](CCC(=O)O)C(=O)N[C@@H](CCCCN)C(=O)O. The van der Waals surface area contributed by atoms with Gasteiger partial charge in [-0.15, -0.1) is 0 Å². The van der Waals surface area contributed by atoms with Crippen molar-refractivity contribution < 1.29 is 68.4 Å². The van der Waals surface area contributed by atoms with Crippen molar-refractivity contribution in [3.63, 3.8) is 0 Å². The van der Waals surface area contributed by atoms with E-state index in [2.05, 4.69) is 37.2 Å². The van der Waals surface area contributed by atoms with Crippen LogP contribution in [0.3, 0.4) is 0 Å². The van der Waals surface area contributed by atoms with Crippen molar-refractivity contribution in [3.05, 3.63) is 35.9 Å². The van der Waals surface area contributed by atoms with E-state index >= 15 is 0 Å². The maximum atomic E-state index is 14.3. The van der Waals surface area contributed by atoms with Crippen molar-refractivity contribution in [2.75, 3.05) is 31.7 Å². The van der Waals surface area contributed by atoms with Gasteiger partial charge >= 0.3 is 11.9 Å². The van der Waals surface area contributed by atoms with Gasteiger partial charge in [0, 0.05) is 19.4 Å². The molecular formula is C45H72N10O14S. The first kappa shape index (κ1) is 60.2. The van der Waals surface area contributed by atoms with E-state index in [1.165, 1.54) is 30.5 Å². The summed E-state index contributed by atoms with van der Waals surface area (Å²) in [7, 11) is 0. The molecule has 1 aromatic rings. The van der Waals surface area contributed by atoms with Gasteiger partial charge < -0.3 is 74.0 Å². The van der Waals surface area contributed by atoms with Crippen LogP contribution >= 0.6 is 11.8 Å². The molecule has 0 aliphatic carbocycles. The second-order valence-electron chi connectivity index (χ2n) is 17.5. The Balaban J connectivity index is 2.30. The number of carbonyl (C=O) groups is 10. The first-order valence-electron chi connectivity index (χ1n) is 23.2. The summed E-state index contributed by atoms with van der Waals surface area (Å²) in [6.07, 6.45) is 0.714. The van der Waals surface area contributed by atoms with Crippen molar-refractivity contribution in [1.29, 1.82) is 0 Å². The van der Waals surface area contributed by atoms with Crippen LogP contribution in [0.1, 0.15) is 84.6 Å². The molecule has 1 aromatic carbocycles. The highest BCUT2D eigenvalue weighted by Gasteiger charge is 2.41. The average molecular weight is 1010 g/mol. The summed E-state index contributed by atoms with van der Waals surface area (Å²) in [5.41, 5.74) is 11.7. The second kappa shape index (κ2) is 30.7. The lowest BCUT2D eigenvalue weighted by Crippen LogP contribution is -2.62. The van der Waals surface area contributed by atoms with E-state index in [1.54, 1.807) is 50.4 Å². The van der Waals surface area contributed by atoms with Crippen molar-refractivity contribution in [2.45, 2.75) is 146 Å². The average Bonchev–Trinajstić information content (AvgIpc) is 3.81. The first-order chi connectivity index (χ1) is 33.1. The van der Waals surface area contributed by atoms with E-state index in [0.29, 0.717) is 37.1 Å². The minimum absolute atomic E-state index is 0.0315. The van der Waals surface area contributed by atoms with Gasteiger partial charge in [-0.25, -0.2) is 4.79 Å². The highest BCUT2D eigenvalue weighted by Crippen LogP contribution is 2.21. The van der Waals surface area contributed by atoms with Crippen LogP contribution in [0.4, 0.5) is 0 Å². The smallest absolute Gasteiger partial charge is 0.326 e. The fourth-order valence-electron chi connectivity index (χ4n) is 7.33. The van der Waals surface area contributed by atoms with E-state index in [1.807, 2.05) is 0 Å². The Morgan fingerprint density at radius 2 is 1.26 bits per heavy atom. The Hall–Kier alpha value is -5.89. The number of likely N-dealkylation sites (tertiary alicyclic amines) is 1. The lowest BCUT2D eigenvalue weighted by molar-refractivity contribution is -0.144. The molecular weight excluding hydrogens is 937 g/mol. The molecule has 1 heterocycles. The van der Waals surface area contributed by atoms with Gasteiger partial charge in [-0.2, -0.15) is 11.8 Å². The summed E-state index contributed by atoms with van der Waals surface area (Å²) >= 11 is 1.35. The van der Waals surface area contributed by atoms with Crippen molar-refractivity contribution in [3.8, 4) is 0 Å². The van der Waals surface area contributed by atoms with Crippen molar-refractivity contribution >= 4 is 71.0 Å². The van der Waals surface area contributed by atoms with Gasteiger partial charge in [0.25, 0.3) is 0 Å². The quantitative estimate of drug-likeness (QED) is 0.0326. The molecule has 8 amide bonds. The Bertz CT molecular complexity index is 1940. The second-order valence-corrected chi connectivity index (χ2v) is 18.4. The Labute approximate surface area is 411 Å². The predicted octanol–water partition coefficient (Wildman–Crippen LogP) is -3.18. The van der Waals surface area contributed by atoms with Crippen LogP contribution in [0.5, 0.6) is 0 Å². The molecule has 25 heteroatoms. The molecule has 0 radical (unpaired) electrons. The summed E-state index contributed by atoms with van der Waals surface area (Å²) in [4.78, 5) is 133. The highest BCUT2D eigenvalue weighted by molar-refractivity contribution is 7.98. The molecule has 0 spiro atoms. The maximum Gasteiger partial charge on any atom is 0.326 e. The number of nitrogens with two attached hydrogens (primary N) is 2. The molecule has 24 nitrogen and oxygen atoms in total. The number of nitrogens with one attached hydrogen (secondary N) is 7. The van der Waals surface area contributed by atoms with Crippen LogP contribution in [0.15, 0.2) is 30.3 Å². The number of aliphatic hydroxyl groups excluding tert-OH is 2. The summed E-state index contributed by atoms with van der Waals surface area (Å²) in [6.45, 7) is 5.27. The molecule has 1 aliphatic heterocycles. The normalized spacial score (nSPS) is 17.2. The lowest BCUT2D eigenvalue weighted by atomic mass is 10.0. The molecule has 1 saturated heterocycles. The minimum atomic E-state index is -1.66. The number of carbonyl (C=O) groups excluding carboxylic acids is 8. The monoisotopic (exact) mass is 1010 g/mol. The van der Waals surface area contributed by atoms with Gasteiger partial charge in [0.15, 0.2) is 0 Å². The summed E-state index contributed by atoms with van der Waals surface area (Å²) < 4.78 is 0. The van der Waals surface area contributed by atoms with Crippen LogP contribution in [0.25, 0.3) is 0 Å². The van der Waals surface area contributed by atoms with Crippen LogP contribution < -0.4 is 48.7 Å².